The fourth-order valence-corrected chi connectivity index (χ4v) is 4.54. The van der Waals surface area contributed by atoms with E-state index in [9.17, 15) is 23.1 Å². The highest BCUT2D eigenvalue weighted by Gasteiger charge is 2.37. The van der Waals surface area contributed by atoms with Gasteiger partial charge < -0.3 is 10.0 Å². The quantitative estimate of drug-likeness (QED) is 0.797. The summed E-state index contributed by atoms with van der Waals surface area (Å²) >= 11 is 0. The van der Waals surface area contributed by atoms with Gasteiger partial charge in [0.2, 0.25) is 5.91 Å². The van der Waals surface area contributed by atoms with Crippen LogP contribution in [0.4, 0.5) is 13.2 Å². The Morgan fingerprint density at radius 3 is 2.60 bits per heavy atom. The average Bonchev–Trinajstić information content (AvgIpc) is 3.16. The number of amides is 1. The van der Waals surface area contributed by atoms with Gasteiger partial charge in [0.25, 0.3) is 0 Å². The van der Waals surface area contributed by atoms with Crippen LogP contribution >= 0.6 is 0 Å². The molecule has 1 atom stereocenters. The molecule has 0 saturated carbocycles. The number of H-pyrrole nitrogens is 1. The molecule has 1 amide bonds. The van der Waals surface area contributed by atoms with E-state index in [1.165, 1.54) is 13.0 Å². The van der Waals surface area contributed by atoms with Gasteiger partial charge in [-0.3, -0.25) is 14.8 Å². The first-order valence-corrected chi connectivity index (χ1v) is 10.2. The Morgan fingerprint density at radius 1 is 1.23 bits per heavy atom. The second-order valence-corrected chi connectivity index (χ2v) is 8.03. The third-order valence-electron chi connectivity index (χ3n) is 6.24. The molecule has 3 heterocycles. The van der Waals surface area contributed by atoms with Crippen molar-refractivity contribution in [1.82, 2.24) is 20.0 Å². The van der Waals surface area contributed by atoms with Gasteiger partial charge in [0.05, 0.1) is 5.56 Å². The predicted octanol–water partition coefficient (Wildman–Crippen LogP) is 3.20. The number of rotatable bonds is 3. The molecular weight excluding hydrogens is 397 g/mol. The number of nitrogens with one attached hydrogen (secondary N) is 1. The number of hydrogen-bond donors (Lipinski definition) is 2. The number of carbonyl (C=O) groups excluding carboxylic acids is 1. The number of fused-ring (bicyclic) bond motifs is 1. The minimum absolute atomic E-state index is 0.0218. The topological polar surface area (TPSA) is 72.5 Å². The van der Waals surface area contributed by atoms with Crippen LogP contribution in [0.25, 0.3) is 0 Å². The van der Waals surface area contributed by atoms with Crippen molar-refractivity contribution in [2.45, 2.75) is 51.1 Å². The van der Waals surface area contributed by atoms with Gasteiger partial charge in [0, 0.05) is 50.8 Å². The van der Waals surface area contributed by atoms with E-state index < -0.39 is 18.0 Å². The van der Waals surface area contributed by atoms with Gasteiger partial charge in [-0.2, -0.15) is 18.3 Å². The molecule has 2 aliphatic rings. The summed E-state index contributed by atoms with van der Waals surface area (Å²) in [5.74, 6) is -0.223. The maximum absolute atomic E-state index is 13.4. The zero-order valence-corrected chi connectivity index (χ0v) is 16.7. The minimum atomic E-state index is -4.37. The van der Waals surface area contributed by atoms with Crippen LogP contribution in [-0.4, -0.2) is 50.6 Å². The highest BCUT2D eigenvalue weighted by Crippen LogP contribution is 2.39. The monoisotopic (exact) mass is 422 g/mol. The van der Waals surface area contributed by atoms with Crippen molar-refractivity contribution in [3.05, 3.63) is 52.3 Å². The second kappa shape index (κ2) is 8.03. The standard InChI is InChI=1S/C21H25F3N4O2/c1-13(29)28-11-8-18-16(12-28)19(26-25-18)20(30)27-9-6-14(7-10-27)15-4-2-3-5-17(15)21(22,23)24/h2-5,14,20,30H,6-12H2,1H3,(H,25,26). The van der Waals surface area contributed by atoms with E-state index >= 15 is 0 Å². The number of piperidine rings is 1. The Kier molecular flexibility index (Phi) is 5.59. The maximum Gasteiger partial charge on any atom is 0.416 e. The lowest BCUT2D eigenvalue weighted by molar-refractivity contribution is -0.138. The fourth-order valence-electron chi connectivity index (χ4n) is 4.54. The molecule has 0 bridgehead atoms. The highest BCUT2D eigenvalue weighted by molar-refractivity contribution is 5.73. The number of aromatic nitrogens is 2. The summed E-state index contributed by atoms with van der Waals surface area (Å²) in [6, 6.07) is 5.74. The van der Waals surface area contributed by atoms with E-state index in [1.54, 1.807) is 17.0 Å². The van der Waals surface area contributed by atoms with Crippen LogP contribution in [0.2, 0.25) is 0 Å². The Bertz CT molecular complexity index is 919. The molecule has 4 rings (SSSR count). The molecule has 0 spiro atoms. The number of aliphatic hydroxyl groups is 1. The van der Waals surface area contributed by atoms with Gasteiger partial charge >= 0.3 is 6.18 Å². The van der Waals surface area contributed by atoms with Crippen molar-refractivity contribution >= 4 is 5.91 Å². The van der Waals surface area contributed by atoms with Crippen molar-refractivity contribution in [3.8, 4) is 0 Å². The summed E-state index contributed by atoms with van der Waals surface area (Å²) in [6.45, 7) is 3.48. The van der Waals surface area contributed by atoms with E-state index in [4.69, 9.17) is 0 Å². The summed E-state index contributed by atoms with van der Waals surface area (Å²) < 4.78 is 40.1. The third kappa shape index (κ3) is 3.96. The molecule has 9 heteroatoms. The summed E-state index contributed by atoms with van der Waals surface area (Å²) in [5, 5.41) is 18.2. The van der Waals surface area contributed by atoms with Crippen LogP contribution in [0.3, 0.4) is 0 Å². The van der Waals surface area contributed by atoms with Gasteiger partial charge in [-0.25, -0.2) is 0 Å². The van der Waals surface area contributed by atoms with Gasteiger partial charge in [0.15, 0.2) is 6.23 Å². The van der Waals surface area contributed by atoms with Crippen LogP contribution in [-0.2, 0) is 23.9 Å². The highest BCUT2D eigenvalue weighted by atomic mass is 19.4. The smallest absolute Gasteiger partial charge is 0.372 e. The summed E-state index contributed by atoms with van der Waals surface area (Å²) in [5.41, 5.74) is 2.03. The van der Waals surface area contributed by atoms with Crippen molar-refractivity contribution in [1.29, 1.82) is 0 Å². The first-order chi connectivity index (χ1) is 14.3. The van der Waals surface area contributed by atoms with Crippen LogP contribution in [0.5, 0.6) is 0 Å². The van der Waals surface area contributed by atoms with Crippen LogP contribution < -0.4 is 0 Å². The van der Waals surface area contributed by atoms with E-state index in [0.717, 1.165) is 17.3 Å². The molecule has 1 unspecified atom stereocenters. The fraction of sp³-hybridized carbons (Fsp3) is 0.524. The van der Waals surface area contributed by atoms with Crippen LogP contribution in [0.1, 0.15) is 60.0 Å². The molecule has 162 valence electrons. The number of carbonyl (C=O) groups is 1. The molecule has 2 N–H and O–H groups in total. The van der Waals surface area contributed by atoms with E-state index in [-0.39, 0.29) is 11.8 Å². The number of aromatic amines is 1. The number of aliphatic hydroxyl groups excluding tert-OH is 1. The second-order valence-electron chi connectivity index (χ2n) is 8.03. The van der Waals surface area contributed by atoms with Crippen molar-refractivity contribution in [2.24, 2.45) is 0 Å². The third-order valence-corrected chi connectivity index (χ3v) is 6.24. The number of likely N-dealkylation sites (tertiary alicyclic amines) is 1. The Labute approximate surface area is 172 Å². The largest absolute Gasteiger partial charge is 0.416 e. The molecule has 30 heavy (non-hydrogen) atoms. The molecule has 1 saturated heterocycles. The van der Waals surface area contributed by atoms with Crippen molar-refractivity contribution in [3.63, 3.8) is 0 Å². The van der Waals surface area contributed by atoms with Gasteiger partial charge in [0.1, 0.15) is 5.69 Å². The first kappa shape index (κ1) is 20.9. The van der Waals surface area contributed by atoms with Gasteiger partial charge in [-0.15, -0.1) is 0 Å². The summed E-state index contributed by atoms with van der Waals surface area (Å²) in [4.78, 5) is 15.3. The molecule has 1 fully saturated rings. The minimum Gasteiger partial charge on any atom is -0.372 e. The molecule has 0 aliphatic carbocycles. The average molecular weight is 422 g/mol. The predicted molar refractivity (Wildman–Crippen MR) is 103 cm³/mol. The van der Waals surface area contributed by atoms with Crippen LogP contribution in [0.15, 0.2) is 24.3 Å². The molecule has 1 aromatic carbocycles. The Hall–Kier alpha value is -2.39. The van der Waals surface area contributed by atoms with E-state index in [0.29, 0.717) is 56.7 Å². The molecule has 0 radical (unpaired) electrons. The molecular formula is C21H25F3N4O2. The van der Waals surface area contributed by atoms with E-state index in [1.807, 2.05) is 4.90 Å². The van der Waals surface area contributed by atoms with Crippen molar-refractivity contribution in [2.75, 3.05) is 19.6 Å². The zero-order valence-electron chi connectivity index (χ0n) is 16.7. The molecule has 1 aromatic heterocycles. The van der Waals surface area contributed by atoms with Crippen LogP contribution in [0, 0.1) is 0 Å². The first-order valence-electron chi connectivity index (χ1n) is 10.2. The normalized spacial score (nSPS) is 19.6. The number of hydrogen-bond acceptors (Lipinski definition) is 4. The summed E-state index contributed by atoms with van der Waals surface area (Å²) in [7, 11) is 0. The molecule has 6 nitrogen and oxygen atoms in total. The Morgan fingerprint density at radius 2 is 1.93 bits per heavy atom. The number of halogens is 3. The van der Waals surface area contributed by atoms with Gasteiger partial charge in [-0.05, 0) is 30.4 Å². The van der Waals surface area contributed by atoms with E-state index in [2.05, 4.69) is 10.2 Å². The maximum atomic E-state index is 13.4. The number of alkyl halides is 3. The molecule has 2 aromatic rings. The lowest BCUT2D eigenvalue weighted by Crippen LogP contribution is -2.38. The van der Waals surface area contributed by atoms with Crippen molar-refractivity contribution < 1.29 is 23.1 Å². The van der Waals surface area contributed by atoms with Gasteiger partial charge in [-0.1, -0.05) is 18.2 Å². The lowest BCUT2D eigenvalue weighted by atomic mass is 9.86. The summed E-state index contributed by atoms with van der Waals surface area (Å²) in [6.07, 6.45) is -3.61. The zero-order chi connectivity index (χ0) is 21.5. The SMILES string of the molecule is CC(=O)N1CCc2[nH]nc(C(O)N3CCC(c4ccccc4C(F)(F)F)CC3)c2C1. The number of benzene rings is 1. The Balaban J connectivity index is 1.46. The number of nitrogens with zero attached hydrogens (tertiary/aromatic N) is 3. The molecule has 2 aliphatic heterocycles. The lowest BCUT2D eigenvalue weighted by Gasteiger charge is -2.36.